The third kappa shape index (κ3) is 5.70. The molecule has 8 heavy (non-hydrogen) atoms. The van der Waals surface area contributed by atoms with E-state index in [1.54, 1.807) is 0 Å². The lowest BCUT2D eigenvalue weighted by atomic mass is 10.3. The Morgan fingerprint density at radius 1 is 1.38 bits per heavy atom. The molecule has 0 aliphatic heterocycles. The van der Waals surface area contributed by atoms with Crippen molar-refractivity contribution in [2.45, 2.75) is 19.8 Å². The van der Waals surface area contributed by atoms with Gasteiger partial charge in [-0.05, 0) is 13.5 Å². The highest BCUT2D eigenvalue weighted by molar-refractivity contribution is 4.82. The van der Waals surface area contributed by atoms with E-state index in [0.29, 0.717) is 0 Å². The first kappa shape index (κ1) is 7.70. The number of allylic oxidation sites excluding steroid dienone is 1. The van der Waals surface area contributed by atoms with Crippen LogP contribution in [0.1, 0.15) is 19.8 Å². The van der Waals surface area contributed by atoms with Crippen molar-refractivity contribution >= 4 is 0 Å². The quantitative estimate of drug-likeness (QED) is 0.545. The van der Waals surface area contributed by atoms with Gasteiger partial charge in [-0.15, -0.1) is 0 Å². The zero-order valence-electron chi connectivity index (χ0n) is 5.78. The van der Waals surface area contributed by atoms with Gasteiger partial charge in [-0.3, -0.25) is 0 Å². The normalized spacial score (nSPS) is 10.8. The molecule has 0 fully saturated rings. The van der Waals surface area contributed by atoms with E-state index < -0.39 is 0 Å². The maximum atomic E-state index is 3.04. The standard InChI is InChI=1S/C7H15N/c1-3-4-5-6-7-8-2/h5-6,8H,3-4,7H2,1-2H3/b6-5-. The zero-order valence-corrected chi connectivity index (χ0v) is 5.78. The summed E-state index contributed by atoms with van der Waals surface area (Å²) in [4.78, 5) is 0. The topological polar surface area (TPSA) is 12.0 Å². The SMILES string of the molecule is CCC/C=C\CNC. The minimum Gasteiger partial charge on any atom is -0.316 e. The summed E-state index contributed by atoms with van der Waals surface area (Å²) >= 11 is 0. The zero-order chi connectivity index (χ0) is 6.24. The van der Waals surface area contributed by atoms with Crippen molar-refractivity contribution in [1.29, 1.82) is 0 Å². The Balaban J connectivity index is 2.83. The first-order chi connectivity index (χ1) is 3.91. The second kappa shape index (κ2) is 6.70. The minimum absolute atomic E-state index is 1.00. The van der Waals surface area contributed by atoms with Crippen LogP contribution < -0.4 is 5.32 Å². The van der Waals surface area contributed by atoms with Crippen molar-refractivity contribution in [2.75, 3.05) is 13.6 Å². The Morgan fingerprint density at radius 2 is 2.12 bits per heavy atom. The van der Waals surface area contributed by atoms with Crippen molar-refractivity contribution in [1.82, 2.24) is 5.32 Å². The summed E-state index contributed by atoms with van der Waals surface area (Å²) in [5, 5.41) is 3.04. The smallest absolute Gasteiger partial charge is 0.0131 e. The Bertz CT molecular complexity index is 49.4. The fourth-order valence-corrected chi connectivity index (χ4v) is 0.486. The molecule has 0 heterocycles. The molecule has 0 spiro atoms. The highest BCUT2D eigenvalue weighted by atomic mass is 14.8. The van der Waals surface area contributed by atoms with Crippen LogP contribution in [0.4, 0.5) is 0 Å². The number of unbranched alkanes of at least 4 members (excludes halogenated alkanes) is 1. The van der Waals surface area contributed by atoms with Crippen molar-refractivity contribution in [3.8, 4) is 0 Å². The Morgan fingerprint density at radius 3 is 2.62 bits per heavy atom. The van der Waals surface area contributed by atoms with Gasteiger partial charge in [-0.25, -0.2) is 0 Å². The number of nitrogens with one attached hydrogen (secondary N) is 1. The Kier molecular flexibility index (Phi) is 6.45. The van der Waals surface area contributed by atoms with Crippen LogP contribution in [0.5, 0.6) is 0 Å². The van der Waals surface area contributed by atoms with Gasteiger partial charge in [0, 0.05) is 6.54 Å². The maximum absolute atomic E-state index is 3.04. The van der Waals surface area contributed by atoms with E-state index in [2.05, 4.69) is 24.4 Å². The molecule has 0 aromatic heterocycles. The van der Waals surface area contributed by atoms with Crippen LogP contribution >= 0.6 is 0 Å². The van der Waals surface area contributed by atoms with E-state index in [-0.39, 0.29) is 0 Å². The molecular formula is C7H15N. The number of rotatable bonds is 4. The van der Waals surface area contributed by atoms with Crippen LogP contribution in [0.3, 0.4) is 0 Å². The highest BCUT2D eigenvalue weighted by Crippen LogP contribution is 1.85. The van der Waals surface area contributed by atoms with E-state index in [9.17, 15) is 0 Å². The van der Waals surface area contributed by atoms with Gasteiger partial charge in [0.25, 0.3) is 0 Å². The molecule has 0 aliphatic carbocycles. The summed E-state index contributed by atoms with van der Waals surface area (Å²) in [6, 6.07) is 0. The van der Waals surface area contributed by atoms with Gasteiger partial charge in [0.1, 0.15) is 0 Å². The molecule has 0 amide bonds. The van der Waals surface area contributed by atoms with Gasteiger partial charge in [0.15, 0.2) is 0 Å². The molecule has 48 valence electrons. The van der Waals surface area contributed by atoms with Crippen LogP contribution in [0.2, 0.25) is 0 Å². The van der Waals surface area contributed by atoms with Crippen molar-refractivity contribution < 1.29 is 0 Å². The predicted octanol–water partition coefficient (Wildman–Crippen LogP) is 1.56. The van der Waals surface area contributed by atoms with Crippen LogP contribution in [0.25, 0.3) is 0 Å². The highest BCUT2D eigenvalue weighted by Gasteiger charge is 1.70. The lowest BCUT2D eigenvalue weighted by Crippen LogP contribution is -2.03. The van der Waals surface area contributed by atoms with Gasteiger partial charge >= 0.3 is 0 Å². The molecule has 0 saturated heterocycles. The largest absolute Gasteiger partial charge is 0.316 e. The van der Waals surface area contributed by atoms with Crippen LogP contribution in [-0.2, 0) is 0 Å². The van der Waals surface area contributed by atoms with Crippen molar-refractivity contribution in [2.24, 2.45) is 0 Å². The lowest BCUT2D eigenvalue weighted by molar-refractivity contribution is 0.901. The maximum Gasteiger partial charge on any atom is 0.0131 e. The molecule has 0 radical (unpaired) electrons. The van der Waals surface area contributed by atoms with Gasteiger partial charge in [-0.1, -0.05) is 25.5 Å². The minimum atomic E-state index is 1.00. The molecule has 0 saturated carbocycles. The van der Waals surface area contributed by atoms with Gasteiger partial charge < -0.3 is 5.32 Å². The lowest BCUT2D eigenvalue weighted by Gasteiger charge is -1.86. The molecular weight excluding hydrogens is 98.1 g/mol. The third-order valence-corrected chi connectivity index (χ3v) is 0.944. The summed E-state index contributed by atoms with van der Waals surface area (Å²) in [5.41, 5.74) is 0. The third-order valence-electron chi connectivity index (χ3n) is 0.944. The fraction of sp³-hybridized carbons (Fsp3) is 0.714. The van der Waals surface area contributed by atoms with E-state index in [0.717, 1.165) is 6.54 Å². The summed E-state index contributed by atoms with van der Waals surface area (Å²) in [7, 11) is 1.95. The molecule has 1 heteroatoms. The van der Waals surface area contributed by atoms with Gasteiger partial charge in [0.05, 0.1) is 0 Å². The van der Waals surface area contributed by atoms with E-state index >= 15 is 0 Å². The second-order valence-electron chi connectivity index (χ2n) is 1.82. The monoisotopic (exact) mass is 113 g/mol. The van der Waals surface area contributed by atoms with Crippen molar-refractivity contribution in [3.63, 3.8) is 0 Å². The number of hydrogen-bond donors (Lipinski definition) is 1. The Hall–Kier alpha value is -0.300. The summed E-state index contributed by atoms with van der Waals surface area (Å²) < 4.78 is 0. The first-order valence-electron chi connectivity index (χ1n) is 3.21. The second-order valence-corrected chi connectivity index (χ2v) is 1.82. The Labute approximate surface area is 51.8 Å². The molecule has 0 unspecified atom stereocenters. The van der Waals surface area contributed by atoms with E-state index in [1.807, 2.05) is 7.05 Å². The predicted molar refractivity (Wildman–Crippen MR) is 38.0 cm³/mol. The van der Waals surface area contributed by atoms with E-state index in [4.69, 9.17) is 0 Å². The van der Waals surface area contributed by atoms with Crippen molar-refractivity contribution in [3.05, 3.63) is 12.2 Å². The number of likely N-dealkylation sites (N-methyl/N-ethyl adjacent to an activating group) is 1. The molecule has 1 nitrogen and oxygen atoms in total. The first-order valence-corrected chi connectivity index (χ1v) is 3.21. The summed E-state index contributed by atoms with van der Waals surface area (Å²) in [6.45, 7) is 3.18. The molecule has 0 bridgehead atoms. The fourth-order valence-electron chi connectivity index (χ4n) is 0.486. The average molecular weight is 113 g/mol. The molecule has 0 aromatic carbocycles. The number of hydrogen-bond acceptors (Lipinski definition) is 1. The molecule has 0 aromatic rings. The molecule has 0 aliphatic rings. The van der Waals surface area contributed by atoms with Crippen LogP contribution in [0.15, 0.2) is 12.2 Å². The van der Waals surface area contributed by atoms with Gasteiger partial charge in [-0.2, -0.15) is 0 Å². The van der Waals surface area contributed by atoms with Crippen LogP contribution in [0, 0.1) is 0 Å². The van der Waals surface area contributed by atoms with E-state index in [1.165, 1.54) is 12.8 Å². The molecule has 0 rings (SSSR count). The van der Waals surface area contributed by atoms with Gasteiger partial charge in [0.2, 0.25) is 0 Å². The van der Waals surface area contributed by atoms with Crippen LogP contribution in [-0.4, -0.2) is 13.6 Å². The summed E-state index contributed by atoms with van der Waals surface area (Å²) in [5.74, 6) is 0. The summed E-state index contributed by atoms with van der Waals surface area (Å²) in [6.07, 6.45) is 6.82. The molecule has 1 N–H and O–H groups in total. The average Bonchev–Trinajstić information content (AvgIpc) is 1.81. The molecule has 0 atom stereocenters.